The highest BCUT2D eigenvalue weighted by molar-refractivity contribution is 6.06. The Morgan fingerprint density at radius 3 is 2.14 bits per heavy atom. The standard InChI is InChI=1S/C32H35FO2/c1-26(29-12-8-6-9-13-29)25-35-24-10-5-3-2-4-7-11-27-14-16-28(17-15-27)18-23-32(34)30-19-21-31(33)22-20-30/h6,8-9,12-23,25H,2-5,7,10-11,24H2,1H3. The Hall–Kier alpha value is -3.46. The van der Waals surface area contributed by atoms with Crippen LogP contribution in [0.4, 0.5) is 4.39 Å². The second-order valence-electron chi connectivity index (χ2n) is 8.86. The summed E-state index contributed by atoms with van der Waals surface area (Å²) in [5.74, 6) is -0.465. The SMILES string of the molecule is CC(=COCCCCCCCCc1ccc(C=CC(=O)c2ccc(F)cc2)cc1)c1ccccc1. The molecule has 0 heterocycles. The second kappa shape index (κ2) is 14.7. The first kappa shape index (κ1) is 26.2. The summed E-state index contributed by atoms with van der Waals surface area (Å²) in [6.45, 7) is 2.86. The van der Waals surface area contributed by atoms with Crippen molar-refractivity contribution in [3.63, 3.8) is 0 Å². The summed E-state index contributed by atoms with van der Waals surface area (Å²) in [6.07, 6.45) is 13.5. The Bertz CT molecular complexity index is 1080. The van der Waals surface area contributed by atoms with Gasteiger partial charge in [0.25, 0.3) is 0 Å². The van der Waals surface area contributed by atoms with Crippen LogP contribution in [0.5, 0.6) is 0 Å². The van der Waals surface area contributed by atoms with Gasteiger partial charge in [-0.05, 0) is 78.8 Å². The minimum Gasteiger partial charge on any atom is -0.501 e. The second-order valence-corrected chi connectivity index (χ2v) is 8.86. The highest BCUT2D eigenvalue weighted by Gasteiger charge is 2.02. The van der Waals surface area contributed by atoms with Crippen molar-refractivity contribution in [2.45, 2.75) is 51.9 Å². The van der Waals surface area contributed by atoms with E-state index in [0.29, 0.717) is 5.56 Å². The Morgan fingerprint density at radius 1 is 0.771 bits per heavy atom. The topological polar surface area (TPSA) is 26.3 Å². The molecule has 0 fully saturated rings. The Kier molecular flexibility index (Phi) is 11.0. The molecule has 0 aliphatic heterocycles. The number of hydrogen-bond acceptors (Lipinski definition) is 2. The van der Waals surface area contributed by atoms with Crippen LogP contribution in [0.25, 0.3) is 11.6 Å². The number of carbonyl (C=O) groups is 1. The monoisotopic (exact) mass is 470 g/mol. The van der Waals surface area contributed by atoms with Gasteiger partial charge in [-0.25, -0.2) is 4.39 Å². The fourth-order valence-electron chi connectivity index (χ4n) is 3.85. The average molecular weight is 471 g/mol. The summed E-state index contributed by atoms with van der Waals surface area (Å²) < 4.78 is 18.7. The van der Waals surface area contributed by atoms with Crippen LogP contribution in [-0.2, 0) is 11.2 Å². The van der Waals surface area contributed by atoms with Gasteiger partial charge in [0.2, 0.25) is 0 Å². The summed E-state index contributed by atoms with van der Waals surface area (Å²) in [4.78, 5) is 12.2. The number of benzene rings is 3. The van der Waals surface area contributed by atoms with Gasteiger partial charge in [-0.3, -0.25) is 4.79 Å². The lowest BCUT2D eigenvalue weighted by Crippen LogP contribution is -1.93. The number of ether oxygens (including phenoxy) is 1. The van der Waals surface area contributed by atoms with Gasteiger partial charge in [-0.2, -0.15) is 0 Å². The molecular formula is C32H35FO2. The molecule has 0 unspecified atom stereocenters. The highest BCUT2D eigenvalue weighted by Crippen LogP contribution is 2.14. The maximum Gasteiger partial charge on any atom is 0.185 e. The van der Waals surface area contributed by atoms with Gasteiger partial charge in [0.05, 0.1) is 12.9 Å². The molecular weight excluding hydrogens is 435 g/mol. The number of allylic oxidation sites excluding steroid dienone is 2. The van der Waals surface area contributed by atoms with Gasteiger partial charge < -0.3 is 4.74 Å². The fraction of sp³-hybridized carbons (Fsp3) is 0.281. The molecule has 0 amide bonds. The van der Waals surface area contributed by atoms with Gasteiger partial charge in [0, 0.05) is 5.56 Å². The molecule has 3 aromatic rings. The molecule has 0 aromatic heterocycles. The molecule has 3 rings (SSSR count). The van der Waals surface area contributed by atoms with E-state index in [4.69, 9.17) is 4.74 Å². The lowest BCUT2D eigenvalue weighted by molar-refractivity contribution is 0.104. The normalized spacial score (nSPS) is 11.7. The predicted octanol–water partition coefficient (Wildman–Crippen LogP) is 8.68. The van der Waals surface area contributed by atoms with Gasteiger partial charge in [0.1, 0.15) is 5.82 Å². The van der Waals surface area contributed by atoms with Gasteiger partial charge >= 0.3 is 0 Å². The van der Waals surface area contributed by atoms with Crippen LogP contribution in [0.2, 0.25) is 0 Å². The molecule has 0 N–H and O–H groups in total. The first-order valence-corrected chi connectivity index (χ1v) is 12.5. The minimum atomic E-state index is -0.339. The van der Waals surface area contributed by atoms with Crippen molar-refractivity contribution in [3.05, 3.63) is 119 Å². The zero-order chi connectivity index (χ0) is 24.7. The molecule has 0 saturated heterocycles. The average Bonchev–Trinajstić information content (AvgIpc) is 2.89. The Labute approximate surface area is 209 Å². The number of carbonyl (C=O) groups excluding carboxylic acids is 1. The highest BCUT2D eigenvalue weighted by atomic mass is 19.1. The number of aryl methyl sites for hydroxylation is 1. The third kappa shape index (κ3) is 9.74. The molecule has 0 spiro atoms. The van der Waals surface area contributed by atoms with Gasteiger partial charge in [0.15, 0.2) is 5.78 Å². The van der Waals surface area contributed by atoms with Crippen LogP contribution in [0.15, 0.2) is 91.2 Å². The Morgan fingerprint density at radius 2 is 1.43 bits per heavy atom. The first-order valence-electron chi connectivity index (χ1n) is 12.5. The molecule has 35 heavy (non-hydrogen) atoms. The van der Waals surface area contributed by atoms with E-state index in [0.717, 1.165) is 30.6 Å². The third-order valence-corrected chi connectivity index (χ3v) is 6.00. The molecule has 3 heteroatoms. The van der Waals surface area contributed by atoms with Crippen LogP contribution in [0, 0.1) is 5.82 Å². The lowest BCUT2D eigenvalue weighted by Gasteiger charge is -2.05. The summed E-state index contributed by atoms with van der Waals surface area (Å²) >= 11 is 0. The van der Waals surface area contributed by atoms with Crippen molar-refractivity contribution in [1.82, 2.24) is 0 Å². The molecule has 0 radical (unpaired) electrons. The maximum absolute atomic E-state index is 13.0. The van der Waals surface area contributed by atoms with E-state index in [-0.39, 0.29) is 11.6 Å². The largest absolute Gasteiger partial charge is 0.501 e. The quantitative estimate of drug-likeness (QED) is 0.102. The van der Waals surface area contributed by atoms with Crippen molar-refractivity contribution in [1.29, 1.82) is 0 Å². The van der Waals surface area contributed by atoms with Gasteiger partial charge in [-0.15, -0.1) is 0 Å². The van der Waals surface area contributed by atoms with E-state index in [1.807, 2.05) is 36.6 Å². The number of rotatable bonds is 14. The van der Waals surface area contributed by atoms with E-state index < -0.39 is 0 Å². The van der Waals surface area contributed by atoms with Crippen molar-refractivity contribution in [2.75, 3.05) is 6.61 Å². The van der Waals surface area contributed by atoms with Crippen LogP contribution < -0.4 is 0 Å². The molecule has 182 valence electrons. The van der Waals surface area contributed by atoms with E-state index in [2.05, 4.69) is 31.2 Å². The summed E-state index contributed by atoms with van der Waals surface area (Å²) in [5.41, 5.74) is 5.16. The number of hydrogen-bond donors (Lipinski definition) is 0. The van der Waals surface area contributed by atoms with Crippen LogP contribution in [0.3, 0.4) is 0 Å². The van der Waals surface area contributed by atoms with Crippen molar-refractivity contribution in [2.24, 2.45) is 0 Å². The lowest BCUT2D eigenvalue weighted by atomic mass is 10.0. The molecule has 0 aliphatic carbocycles. The molecule has 0 aliphatic rings. The third-order valence-electron chi connectivity index (χ3n) is 6.00. The first-order chi connectivity index (χ1) is 17.1. The smallest absolute Gasteiger partial charge is 0.185 e. The van der Waals surface area contributed by atoms with Crippen LogP contribution >= 0.6 is 0 Å². The zero-order valence-electron chi connectivity index (χ0n) is 20.6. The Balaban J connectivity index is 1.24. The number of unbranched alkanes of at least 4 members (excludes halogenated alkanes) is 5. The zero-order valence-corrected chi connectivity index (χ0v) is 20.6. The summed E-state index contributed by atoms with van der Waals surface area (Å²) in [6, 6.07) is 24.3. The predicted molar refractivity (Wildman–Crippen MR) is 144 cm³/mol. The minimum absolute atomic E-state index is 0.126. The van der Waals surface area contributed by atoms with Crippen LogP contribution in [0.1, 0.15) is 72.5 Å². The molecule has 2 nitrogen and oxygen atoms in total. The molecule has 3 aromatic carbocycles. The fourth-order valence-corrected chi connectivity index (χ4v) is 3.85. The van der Waals surface area contributed by atoms with E-state index in [1.54, 1.807) is 6.08 Å². The van der Waals surface area contributed by atoms with E-state index in [1.165, 1.54) is 73.6 Å². The molecule has 0 bridgehead atoms. The number of ketones is 1. The van der Waals surface area contributed by atoms with Crippen molar-refractivity contribution < 1.29 is 13.9 Å². The number of halogens is 1. The van der Waals surface area contributed by atoms with Crippen molar-refractivity contribution >= 4 is 17.4 Å². The van der Waals surface area contributed by atoms with E-state index in [9.17, 15) is 9.18 Å². The summed E-state index contributed by atoms with van der Waals surface area (Å²) in [7, 11) is 0. The summed E-state index contributed by atoms with van der Waals surface area (Å²) in [5, 5.41) is 0. The molecule has 0 saturated carbocycles. The van der Waals surface area contributed by atoms with Crippen LogP contribution in [-0.4, -0.2) is 12.4 Å². The van der Waals surface area contributed by atoms with E-state index >= 15 is 0 Å². The van der Waals surface area contributed by atoms with Gasteiger partial charge in [-0.1, -0.05) is 86.4 Å². The van der Waals surface area contributed by atoms with Crippen molar-refractivity contribution in [3.8, 4) is 0 Å². The molecule has 0 atom stereocenters. The maximum atomic E-state index is 13.0.